The first-order valence-electron chi connectivity index (χ1n) is 6.55. The van der Waals surface area contributed by atoms with Gasteiger partial charge in [0.2, 0.25) is 0 Å². The van der Waals surface area contributed by atoms with Gasteiger partial charge in [-0.25, -0.2) is 19.9 Å². The van der Waals surface area contributed by atoms with Gasteiger partial charge in [0.1, 0.15) is 17.7 Å². The highest BCUT2D eigenvalue weighted by Gasteiger charge is 2.13. The van der Waals surface area contributed by atoms with Crippen molar-refractivity contribution in [2.75, 3.05) is 11.9 Å². The first-order chi connectivity index (χ1) is 9.48. The van der Waals surface area contributed by atoms with Crippen molar-refractivity contribution in [1.82, 2.24) is 19.9 Å². The summed E-state index contributed by atoms with van der Waals surface area (Å²) >= 11 is 0. The van der Waals surface area contributed by atoms with E-state index < -0.39 is 0 Å². The lowest BCUT2D eigenvalue weighted by molar-refractivity contribution is 0.117. The maximum absolute atomic E-state index is 5.59. The van der Waals surface area contributed by atoms with Gasteiger partial charge in [-0.05, 0) is 27.7 Å². The molecule has 0 amide bonds. The summed E-state index contributed by atoms with van der Waals surface area (Å²) in [5.74, 6) is 0.785. The van der Waals surface area contributed by atoms with Gasteiger partial charge in [0.25, 0.3) is 0 Å². The van der Waals surface area contributed by atoms with E-state index in [4.69, 9.17) is 4.74 Å². The lowest BCUT2D eigenvalue weighted by atomic mass is 10.2. The largest absolute Gasteiger partial charge is 0.458 e. The monoisotopic (exact) mass is 273 g/mol. The zero-order valence-electron chi connectivity index (χ0n) is 12.2. The Morgan fingerprint density at radius 3 is 2.40 bits per heavy atom. The summed E-state index contributed by atoms with van der Waals surface area (Å²) in [6, 6.07) is 2.23. The number of nitrogens with zero attached hydrogens (tertiary/aromatic N) is 4. The SMILES string of the molecule is CCNc1cc(-c2cnc(OC(C)(C)C)nc2)ncn1. The van der Waals surface area contributed by atoms with Crippen molar-refractivity contribution >= 4 is 5.82 Å². The normalized spacial score (nSPS) is 11.2. The molecule has 6 heteroatoms. The van der Waals surface area contributed by atoms with Crippen LogP contribution in [0.15, 0.2) is 24.8 Å². The minimum absolute atomic E-state index is 0.311. The van der Waals surface area contributed by atoms with Crippen LogP contribution in [-0.2, 0) is 0 Å². The molecule has 106 valence electrons. The first kappa shape index (κ1) is 14.2. The van der Waals surface area contributed by atoms with Crippen molar-refractivity contribution in [3.8, 4) is 17.3 Å². The molecular weight excluding hydrogens is 254 g/mol. The Balaban J connectivity index is 2.19. The van der Waals surface area contributed by atoms with E-state index in [1.807, 2.05) is 33.8 Å². The van der Waals surface area contributed by atoms with Crippen LogP contribution in [0.4, 0.5) is 5.82 Å². The summed E-state index contributed by atoms with van der Waals surface area (Å²) in [5, 5.41) is 3.14. The minimum atomic E-state index is -0.311. The van der Waals surface area contributed by atoms with E-state index in [1.54, 1.807) is 12.4 Å². The fourth-order valence-electron chi connectivity index (χ4n) is 1.57. The highest BCUT2D eigenvalue weighted by molar-refractivity contribution is 5.60. The second kappa shape index (κ2) is 5.81. The van der Waals surface area contributed by atoms with Crippen molar-refractivity contribution < 1.29 is 4.74 Å². The van der Waals surface area contributed by atoms with E-state index >= 15 is 0 Å². The van der Waals surface area contributed by atoms with E-state index in [0.29, 0.717) is 6.01 Å². The van der Waals surface area contributed by atoms with Gasteiger partial charge in [0.15, 0.2) is 0 Å². The number of ether oxygens (including phenoxy) is 1. The van der Waals surface area contributed by atoms with Gasteiger partial charge in [-0.3, -0.25) is 0 Å². The minimum Gasteiger partial charge on any atom is -0.458 e. The molecule has 20 heavy (non-hydrogen) atoms. The van der Waals surface area contributed by atoms with Gasteiger partial charge in [-0.2, -0.15) is 0 Å². The molecule has 1 N–H and O–H groups in total. The average molecular weight is 273 g/mol. The first-order valence-corrected chi connectivity index (χ1v) is 6.55. The Hall–Kier alpha value is -2.24. The van der Waals surface area contributed by atoms with Crippen LogP contribution in [0, 0.1) is 0 Å². The second-order valence-electron chi connectivity index (χ2n) is 5.29. The molecule has 0 aliphatic rings. The van der Waals surface area contributed by atoms with Crippen LogP contribution in [0.25, 0.3) is 11.3 Å². The predicted octanol–water partition coefficient (Wildman–Crippen LogP) is 2.54. The van der Waals surface area contributed by atoms with Crippen LogP contribution < -0.4 is 10.1 Å². The molecular formula is C14H19N5O. The Morgan fingerprint density at radius 2 is 1.80 bits per heavy atom. The molecule has 0 aliphatic carbocycles. The zero-order valence-corrected chi connectivity index (χ0v) is 12.2. The summed E-state index contributed by atoms with van der Waals surface area (Å²) < 4.78 is 5.59. The lowest BCUT2D eigenvalue weighted by Crippen LogP contribution is -2.24. The van der Waals surface area contributed by atoms with E-state index in [-0.39, 0.29) is 5.60 Å². The van der Waals surface area contributed by atoms with Gasteiger partial charge in [0, 0.05) is 30.6 Å². The van der Waals surface area contributed by atoms with Crippen LogP contribution in [0.3, 0.4) is 0 Å². The fourth-order valence-corrected chi connectivity index (χ4v) is 1.57. The lowest BCUT2D eigenvalue weighted by Gasteiger charge is -2.19. The van der Waals surface area contributed by atoms with Crippen LogP contribution >= 0.6 is 0 Å². The quantitative estimate of drug-likeness (QED) is 0.923. The molecule has 0 radical (unpaired) electrons. The molecule has 0 saturated carbocycles. The summed E-state index contributed by atoms with van der Waals surface area (Å²) in [7, 11) is 0. The number of hydrogen-bond donors (Lipinski definition) is 1. The maximum atomic E-state index is 5.59. The van der Waals surface area contributed by atoms with E-state index in [1.165, 1.54) is 6.33 Å². The highest BCUT2D eigenvalue weighted by Crippen LogP contribution is 2.19. The third-order valence-corrected chi connectivity index (χ3v) is 2.35. The van der Waals surface area contributed by atoms with Crippen molar-refractivity contribution in [1.29, 1.82) is 0 Å². The maximum Gasteiger partial charge on any atom is 0.316 e. The smallest absolute Gasteiger partial charge is 0.316 e. The van der Waals surface area contributed by atoms with Crippen LogP contribution in [0.1, 0.15) is 27.7 Å². The number of hydrogen-bond acceptors (Lipinski definition) is 6. The molecule has 0 atom stereocenters. The molecule has 0 spiro atoms. The molecule has 0 bridgehead atoms. The fraction of sp³-hybridized carbons (Fsp3) is 0.429. The van der Waals surface area contributed by atoms with Gasteiger partial charge in [-0.15, -0.1) is 0 Å². The number of anilines is 1. The molecule has 6 nitrogen and oxygen atoms in total. The van der Waals surface area contributed by atoms with E-state index in [2.05, 4.69) is 25.3 Å². The standard InChI is InChI=1S/C14H19N5O/c1-5-15-12-6-11(18-9-19-12)10-7-16-13(17-8-10)20-14(2,3)4/h6-9H,5H2,1-4H3,(H,15,18,19). The van der Waals surface area contributed by atoms with Gasteiger partial charge < -0.3 is 10.1 Å². The zero-order chi connectivity index (χ0) is 14.6. The Kier molecular flexibility index (Phi) is 4.12. The molecule has 2 rings (SSSR count). The van der Waals surface area contributed by atoms with Crippen LogP contribution in [0.2, 0.25) is 0 Å². The summed E-state index contributed by atoms with van der Waals surface area (Å²) in [6.45, 7) is 8.70. The summed E-state index contributed by atoms with van der Waals surface area (Å²) in [5.41, 5.74) is 1.29. The van der Waals surface area contributed by atoms with Crippen LogP contribution in [-0.4, -0.2) is 32.1 Å². The van der Waals surface area contributed by atoms with Gasteiger partial charge in [0.05, 0.1) is 5.69 Å². The highest BCUT2D eigenvalue weighted by atomic mass is 16.5. The molecule has 2 aromatic rings. The van der Waals surface area contributed by atoms with Crippen molar-refractivity contribution in [3.63, 3.8) is 0 Å². The number of nitrogens with one attached hydrogen (secondary N) is 1. The molecule has 0 unspecified atom stereocenters. The Bertz CT molecular complexity index is 563. The molecule has 2 heterocycles. The van der Waals surface area contributed by atoms with Crippen molar-refractivity contribution in [2.24, 2.45) is 0 Å². The number of aromatic nitrogens is 4. The predicted molar refractivity (Wildman–Crippen MR) is 77.6 cm³/mol. The molecule has 0 aromatic carbocycles. The Labute approximate surface area is 118 Å². The second-order valence-corrected chi connectivity index (χ2v) is 5.29. The van der Waals surface area contributed by atoms with Gasteiger partial charge in [-0.1, -0.05) is 0 Å². The van der Waals surface area contributed by atoms with Gasteiger partial charge >= 0.3 is 6.01 Å². The Morgan fingerprint density at radius 1 is 1.10 bits per heavy atom. The average Bonchev–Trinajstić information content (AvgIpc) is 2.38. The van der Waals surface area contributed by atoms with E-state index in [0.717, 1.165) is 23.6 Å². The third kappa shape index (κ3) is 3.88. The topological polar surface area (TPSA) is 72.8 Å². The summed E-state index contributed by atoms with van der Waals surface area (Å²) in [4.78, 5) is 16.8. The van der Waals surface area contributed by atoms with E-state index in [9.17, 15) is 0 Å². The number of rotatable bonds is 4. The van der Waals surface area contributed by atoms with Crippen molar-refractivity contribution in [3.05, 3.63) is 24.8 Å². The molecule has 2 aromatic heterocycles. The molecule has 0 aliphatic heterocycles. The molecule has 0 fully saturated rings. The third-order valence-electron chi connectivity index (χ3n) is 2.35. The van der Waals surface area contributed by atoms with Crippen molar-refractivity contribution in [2.45, 2.75) is 33.3 Å². The van der Waals surface area contributed by atoms with Crippen LogP contribution in [0.5, 0.6) is 6.01 Å². The molecule has 0 saturated heterocycles. The summed E-state index contributed by atoms with van der Waals surface area (Å²) in [6.07, 6.45) is 4.92.